The van der Waals surface area contributed by atoms with E-state index in [1.165, 1.54) is 5.69 Å². The van der Waals surface area contributed by atoms with Gasteiger partial charge in [0.15, 0.2) is 5.96 Å². The van der Waals surface area contributed by atoms with Gasteiger partial charge in [-0.2, -0.15) is 0 Å². The van der Waals surface area contributed by atoms with Gasteiger partial charge in [-0.1, -0.05) is 23.7 Å². The SMILES string of the molecule is CN=C(NCCNC(=O)c1ccccc1Cl)N1CCN(c2ccc(OC)cc2)CC1.I. The summed E-state index contributed by atoms with van der Waals surface area (Å²) in [5.41, 5.74) is 1.68. The number of amides is 1. The Labute approximate surface area is 205 Å². The van der Waals surface area contributed by atoms with Gasteiger partial charge < -0.3 is 25.2 Å². The second-order valence-corrected chi connectivity index (χ2v) is 7.29. The number of nitrogens with one attached hydrogen (secondary N) is 2. The Morgan fingerprint density at radius 3 is 2.29 bits per heavy atom. The minimum atomic E-state index is -0.175. The quantitative estimate of drug-likeness (QED) is 0.247. The van der Waals surface area contributed by atoms with E-state index < -0.39 is 0 Å². The Balaban J connectivity index is 0.00000341. The van der Waals surface area contributed by atoms with Crippen LogP contribution in [0.5, 0.6) is 5.75 Å². The maximum absolute atomic E-state index is 12.2. The van der Waals surface area contributed by atoms with Gasteiger partial charge >= 0.3 is 0 Å². The third kappa shape index (κ3) is 6.90. The number of halogens is 2. The van der Waals surface area contributed by atoms with Crippen molar-refractivity contribution in [1.29, 1.82) is 0 Å². The molecule has 0 bridgehead atoms. The molecule has 9 heteroatoms. The Kier molecular flexibility index (Phi) is 10.2. The summed E-state index contributed by atoms with van der Waals surface area (Å²) in [6, 6.07) is 15.2. The molecular weight excluding hydrogens is 529 g/mol. The molecule has 1 aliphatic heterocycles. The van der Waals surface area contributed by atoms with Crippen LogP contribution in [0.4, 0.5) is 5.69 Å². The van der Waals surface area contributed by atoms with E-state index in [0.29, 0.717) is 23.7 Å². The van der Waals surface area contributed by atoms with Crippen molar-refractivity contribution in [2.75, 3.05) is 58.3 Å². The average molecular weight is 558 g/mol. The molecular formula is C22H29ClIN5O2. The second-order valence-electron chi connectivity index (χ2n) is 6.88. The molecule has 7 nitrogen and oxygen atoms in total. The van der Waals surface area contributed by atoms with Crippen molar-refractivity contribution in [3.63, 3.8) is 0 Å². The minimum absolute atomic E-state index is 0. The summed E-state index contributed by atoms with van der Waals surface area (Å²) >= 11 is 6.07. The van der Waals surface area contributed by atoms with E-state index in [0.717, 1.165) is 37.9 Å². The fourth-order valence-corrected chi connectivity index (χ4v) is 3.61. The molecule has 168 valence electrons. The van der Waals surface area contributed by atoms with E-state index >= 15 is 0 Å². The van der Waals surface area contributed by atoms with Crippen molar-refractivity contribution >= 4 is 53.1 Å². The maximum atomic E-state index is 12.2. The number of aliphatic imine (C=N–C) groups is 1. The van der Waals surface area contributed by atoms with Crippen molar-refractivity contribution in [3.8, 4) is 5.75 Å². The Hall–Kier alpha value is -2.20. The summed E-state index contributed by atoms with van der Waals surface area (Å²) in [6.45, 7) is 4.64. The van der Waals surface area contributed by atoms with Crippen LogP contribution < -0.4 is 20.3 Å². The first-order valence-corrected chi connectivity index (χ1v) is 10.4. The highest BCUT2D eigenvalue weighted by molar-refractivity contribution is 14.0. The van der Waals surface area contributed by atoms with Gasteiger partial charge in [-0.25, -0.2) is 0 Å². The number of methoxy groups -OCH3 is 1. The highest BCUT2D eigenvalue weighted by Gasteiger charge is 2.19. The molecule has 1 aliphatic rings. The van der Waals surface area contributed by atoms with Crippen LogP contribution in [0.25, 0.3) is 0 Å². The van der Waals surface area contributed by atoms with Gasteiger partial charge in [0.1, 0.15) is 5.75 Å². The van der Waals surface area contributed by atoms with E-state index in [9.17, 15) is 4.79 Å². The van der Waals surface area contributed by atoms with Gasteiger partial charge in [0.05, 0.1) is 17.7 Å². The number of rotatable bonds is 6. The third-order valence-electron chi connectivity index (χ3n) is 5.04. The molecule has 2 aromatic carbocycles. The first kappa shape index (κ1) is 25.1. The first-order chi connectivity index (χ1) is 14.6. The molecule has 0 aromatic heterocycles. The van der Waals surface area contributed by atoms with Crippen LogP contribution >= 0.6 is 35.6 Å². The summed E-state index contributed by atoms with van der Waals surface area (Å²) in [5.74, 6) is 1.53. The van der Waals surface area contributed by atoms with Crippen molar-refractivity contribution in [3.05, 3.63) is 59.1 Å². The molecule has 0 spiro atoms. The van der Waals surface area contributed by atoms with Crippen LogP contribution in [-0.4, -0.2) is 70.2 Å². The van der Waals surface area contributed by atoms with Crippen LogP contribution in [0.1, 0.15) is 10.4 Å². The number of piperazine rings is 1. The zero-order valence-electron chi connectivity index (χ0n) is 17.8. The van der Waals surface area contributed by atoms with Gasteiger partial charge in [0.25, 0.3) is 5.91 Å². The van der Waals surface area contributed by atoms with Gasteiger partial charge in [0.2, 0.25) is 0 Å². The Morgan fingerprint density at radius 2 is 1.68 bits per heavy atom. The monoisotopic (exact) mass is 557 g/mol. The number of ether oxygens (including phenoxy) is 1. The number of carbonyl (C=O) groups is 1. The summed E-state index contributed by atoms with van der Waals surface area (Å²) in [4.78, 5) is 21.2. The van der Waals surface area contributed by atoms with Crippen LogP contribution in [0.3, 0.4) is 0 Å². The predicted molar refractivity (Wildman–Crippen MR) is 137 cm³/mol. The number of hydrogen-bond donors (Lipinski definition) is 2. The van der Waals surface area contributed by atoms with Crippen LogP contribution in [0.15, 0.2) is 53.5 Å². The smallest absolute Gasteiger partial charge is 0.252 e. The number of carbonyl (C=O) groups excluding carboxylic acids is 1. The fraction of sp³-hybridized carbons (Fsp3) is 0.364. The van der Waals surface area contributed by atoms with E-state index in [1.807, 2.05) is 12.1 Å². The van der Waals surface area contributed by atoms with Gasteiger partial charge in [-0.3, -0.25) is 9.79 Å². The lowest BCUT2D eigenvalue weighted by Crippen LogP contribution is -2.53. The minimum Gasteiger partial charge on any atom is -0.497 e. The number of nitrogens with zero attached hydrogens (tertiary/aromatic N) is 3. The largest absolute Gasteiger partial charge is 0.497 e. The van der Waals surface area contributed by atoms with E-state index in [1.54, 1.807) is 38.4 Å². The van der Waals surface area contributed by atoms with Crippen molar-refractivity contribution < 1.29 is 9.53 Å². The van der Waals surface area contributed by atoms with Crippen LogP contribution in [0, 0.1) is 0 Å². The molecule has 0 aliphatic carbocycles. The van der Waals surface area contributed by atoms with Crippen molar-refractivity contribution in [1.82, 2.24) is 15.5 Å². The molecule has 1 fully saturated rings. The maximum Gasteiger partial charge on any atom is 0.252 e. The molecule has 3 rings (SSSR count). The lowest BCUT2D eigenvalue weighted by molar-refractivity contribution is 0.0954. The zero-order chi connectivity index (χ0) is 21.3. The van der Waals surface area contributed by atoms with Crippen LogP contribution in [0.2, 0.25) is 5.02 Å². The van der Waals surface area contributed by atoms with Gasteiger partial charge in [-0.05, 0) is 36.4 Å². The molecule has 2 N–H and O–H groups in total. The Morgan fingerprint density at radius 1 is 1.03 bits per heavy atom. The average Bonchev–Trinajstić information content (AvgIpc) is 2.79. The third-order valence-corrected chi connectivity index (χ3v) is 5.37. The Bertz CT molecular complexity index is 870. The van der Waals surface area contributed by atoms with E-state index in [-0.39, 0.29) is 29.9 Å². The number of benzene rings is 2. The summed E-state index contributed by atoms with van der Waals surface area (Å²) in [5, 5.41) is 6.66. The van der Waals surface area contributed by atoms with Gasteiger partial charge in [-0.15, -0.1) is 24.0 Å². The molecule has 0 atom stereocenters. The molecule has 1 amide bonds. The molecule has 0 saturated carbocycles. The number of guanidine groups is 1. The molecule has 0 radical (unpaired) electrons. The summed E-state index contributed by atoms with van der Waals surface area (Å²) < 4.78 is 5.23. The molecule has 0 unspecified atom stereocenters. The number of anilines is 1. The predicted octanol–water partition coefficient (Wildman–Crippen LogP) is 3.09. The normalized spacial score (nSPS) is 14.0. The fourth-order valence-electron chi connectivity index (χ4n) is 3.39. The summed E-state index contributed by atoms with van der Waals surface area (Å²) in [7, 11) is 3.45. The number of hydrogen-bond acceptors (Lipinski definition) is 4. The molecule has 2 aromatic rings. The lowest BCUT2D eigenvalue weighted by Gasteiger charge is -2.37. The molecule has 31 heavy (non-hydrogen) atoms. The zero-order valence-corrected chi connectivity index (χ0v) is 20.9. The van der Waals surface area contributed by atoms with Crippen LogP contribution in [-0.2, 0) is 0 Å². The highest BCUT2D eigenvalue weighted by Crippen LogP contribution is 2.20. The van der Waals surface area contributed by atoms with E-state index in [2.05, 4.69) is 37.6 Å². The standard InChI is InChI=1S/C22H28ClN5O2.HI/c1-24-22(26-12-11-25-21(29)19-5-3-4-6-20(19)23)28-15-13-27(14-16-28)17-7-9-18(30-2)10-8-17;/h3-10H,11-16H2,1-2H3,(H,24,26)(H,25,29);1H. The lowest BCUT2D eigenvalue weighted by atomic mass is 10.2. The highest BCUT2D eigenvalue weighted by atomic mass is 127. The van der Waals surface area contributed by atoms with Crippen molar-refractivity contribution in [2.45, 2.75) is 0 Å². The first-order valence-electron chi connectivity index (χ1n) is 9.99. The molecule has 1 saturated heterocycles. The van der Waals surface area contributed by atoms with Gasteiger partial charge in [0, 0.05) is 52.0 Å². The summed E-state index contributed by atoms with van der Waals surface area (Å²) in [6.07, 6.45) is 0. The molecule has 1 heterocycles. The topological polar surface area (TPSA) is 69.2 Å². The second kappa shape index (κ2) is 12.6. The van der Waals surface area contributed by atoms with E-state index in [4.69, 9.17) is 16.3 Å². The van der Waals surface area contributed by atoms with Crippen molar-refractivity contribution in [2.24, 2.45) is 4.99 Å².